The number of Topliss-reactive ketones (excluding diaryl/α,β-unsaturated/α-hetero) is 2. The summed E-state index contributed by atoms with van der Waals surface area (Å²) in [5, 5.41) is 0. The van der Waals surface area contributed by atoms with Crippen LogP contribution in [0.4, 0.5) is 10.1 Å². The van der Waals surface area contributed by atoms with Crippen molar-refractivity contribution in [1.29, 1.82) is 0 Å². The summed E-state index contributed by atoms with van der Waals surface area (Å²) in [7, 11) is 1.32. The molecule has 12 heteroatoms. The molecule has 3 fully saturated rings. The number of ether oxygens (including phenoxy) is 2. The molecule has 0 bridgehead atoms. The maximum atomic E-state index is 14.2. The standard InChI is InChI=1S/C53H63FN4O7/c1-4-55(5-2)51(41-11-7-6-8-12-41)53(63)58-29-10-14-47(58)49(60)32-38-17-21-40(22-18-38)35-56(44-25-23-43(54)24-26-44)34-39-19-15-37(16-20-39)31-48(59)46-13-9-28-57(46)52(62)45(33-50(61)64-3)42-27-30-65-36-42/h6-8,11-12,15-26,42,45-47,51H,4-5,9-10,13-14,27-36H2,1-3H3/t42?,45-,46-,47-,51+/m0/s1. The third kappa shape index (κ3) is 11.8. The summed E-state index contributed by atoms with van der Waals surface area (Å²) in [4.78, 5) is 75.7. The van der Waals surface area contributed by atoms with E-state index in [-0.39, 0.29) is 54.4 Å². The number of likely N-dealkylation sites (N-methyl/N-ethyl adjacent to an activating group) is 1. The van der Waals surface area contributed by atoms with E-state index in [9.17, 15) is 28.4 Å². The highest BCUT2D eigenvalue weighted by molar-refractivity contribution is 5.94. The number of hydrogen-bond acceptors (Lipinski definition) is 9. The normalized spacial score (nSPS) is 19.3. The molecule has 1 unspecified atom stereocenters. The molecule has 0 aliphatic carbocycles. The van der Waals surface area contributed by atoms with Gasteiger partial charge in [-0.15, -0.1) is 0 Å². The van der Waals surface area contributed by atoms with E-state index >= 15 is 0 Å². The molecule has 4 aromatic carbocycles. The maximum absolute atomic E-state index is 14.2. The van der Waals surface area contributed by atoms with Crippen LogP contribution >= 0.6 is 0 Å². The number of halogens is 1. The monoisotopic (exact) mass is 886 g/mol. The molecule has 0 N–H and O–H groups in total. The van der Waals surface area contributed by atoms with Gasteiger partial charge in [0, 0.05) is 51.3 Å². The number of esters is 1. The molecule has 2 amide bonds. The number of benzene rings is 4. The molecule has 0 spiro atoms. The fraction of sp³-hybridized carbons (Fsp3) is 0.453. The Bertz CT molecular complexity index is 2230. The van der Waals surface area contributed by atoms with Gasteiger partial charge in [0.1, 0.15) is 11.9 Å². The number of rotatable bonds is 20. The number of anilines is 1. The van der Waals surface area contributed by atoms with Gasteiger partial charge < -0.3 is 24.2 Å². The molecule has 0 saturated carbocycles. The quantitative estimate of drug-likeness (QED) is 0.0831. The molecule has 4 aromatic rings. The zero-order valence-electron chi connectivity index (χ0n) is 38.0. The lowest BCUT2D eigenvalue weighted by Gasteiger charge is -2.34. The van der Waals surface area contributed by atoms with Crippen LogP contribution in [0, 0.1) is 17.7 Å². The van der Waals surface area contributed by atoms with Gasteiger partial charge in [-0.3, -0.25) is 28.9 Å². The number of nitrogens with zero attached hydrogens (tertiary/aromatic N) is 4. The molecule has 7 rings (SSSR count). The van der Waals surface area contributed by atoms with Crippen molar-refractivity contribution in [3.05, 3.63) is 137 Å². The van der Waals surface area contributed by atoms with Crippen LogP contribution in [-0.4, -0.2) is 103 Å². The molecule has 344 valence electrons. The van der Waals surface area contributed by atoms with Gasteiger partial charge in [0.2, 0.25) is 11.8 Å². The molecule has 0 aromatic heterocycles. The number of amides is 2. The van der Waals surface area contributed by atoms with Gasteiger partial charge in [0.15, 0.2) is 11.6 Å². The predicted molar refractivity (Wildman–Crippen MR) is 247 cm³/mol. The van der Waals surface area contributed by atoms with Crippen LogP contribution in [0.25, 0.3) is 0 Å². The first kappa shape index (κ1) is 47.2. The van der Waals surface area contributed by atoms with Gasteiger partial charge in [-0.1, -0.05) is 92.7 Å². The summed E-state index contributed by atoms with van der Waals surface area (Å²) in [6.45, 7) is 8.61. The van der Waals surface area contributed by atoms with Gasteiger partial charge in [-0.25, -0.2) is 4.39 Å². The molecule has 3 aliphatic rings. The summed E-state index contributed by atoms with van der Waals surface area (Å²) < 4.78 is 24.5. The zero-order valence-corrected chi connectivity index (χ0v) is 38.0. The molecule has 65 heavy (non-hydrogen) atoms. The molecular formula is C53H63FN4O7. The highest BCUT2D eigenvalue weighted by Crippen LogP contribution is 2.32. The number of hydrogen-bond donors (Lipinski definition) is 0. The fourth-order valence-electron chi connectivity index (χ4n) is 9.92. The minimum absolute atomic E-state index is 0.0162. The van der Waals surface area contributed by atoms with Gasteiger partial charge in [0.25, 0.3) is 0 Å². The zero-order chi connectivity index (χ0) is 45.9. The first-order valence-corrected chi connectivity index (χ1v) is 23.3. The van der Waals surface area contributed by atoms with E-state index < -0.39 is 30.0 Å². The SMILES string of the molecule is CCN(CC)[C@@H](C(=O)N1CCC[C@H]1C(=O)Cc1ccc(CN(Cc2ccc(CC(=O)[C@@H]3CCCN3C(=O)[C@@H](CC(=O)OC)C3CCOC3)cc2)c2ccc(F)cc2)cc1)c1ccccc1. The maximum Gasteiger partial charge on any atom is 0.306 e. The Morgan fingerprint density at radius 2 is 1.22 bits per heavy atom. The number of methoxy groups -OCH3 is 1. The topological polar surface area (TPSA) is 117 Å². The van der Waals surface area contributed by atoms with E-state index in [1.165, 1.54) is 19.2 Å². The van der Waals surface area contributed by atoms with Crippen molar-refractivity contribution in [2.24, 2.45) is 11.8 Å². The fourth-order valence-corrected chi connectivity index (χ4v) is 9.92. The summed E-state index contributed by atoms with van der Waals surface area (Å²) in [5.74, 6) is -1.60. The van der Waals surface area contributed by atoms with E-state index in [0.29, 0.717) is 58.7 Å². The largest absolute Gasteiger partial charge is 0.469 e. The van der Waals surface area contributed by atoms with Crippen LogP contribution in [0.15, 0.2) is 103 Å². The van der Waals surface area contributed by atoms with Crippen LogP contribution in [0.2, 0.25) is 0 Å². The van der Waals surface area contributed by atoms with Crippen LogP contribution < -0.4 is 4.90 Å². The van der Waals surface area contributed by atoms with Crippen LogP contribution in [0.1, 0.15) is 86.2 Å². The van der Waals surface area contributed by atoms with Crippen molar-refractivity contribution in [1.82, 2.24) is 14.7 Å². The average Bonchev–Trinajstić information content (AvgIpc) is 4.15. The Kier molecular flexibility index (Phi) is 16.3. The smallest absolute Gasteiger partial charge is 0.306 e. The van der Waals surface area contributed by atoms with Gasteiger partial charge in [-0.2, -0.15) is 0 Å². The second-order valence-electron chi connectivity index (χ2n) is 17.7. The van der Waals surface area contributed by atoms with Gasteiger partial charge in [-0.05, 0) is 103 Å². The van der Waals surface area contributed by atoms with Crippen molar-refractivity contribution in [3.63, 3.8) is 0 Å². The van der Waals surface area contributed by atoms with Crippen LogP contribution in [0.3, 0.4) is 0 Å². The molecule has 3 saturated heterocycles. The highest BCUT2D eigenvalue weighted by atomic mass is 19.1. The average molecular weight is 887 g/mol. The van der Waals surface area contributed by atoms with Gasteiger partial charge in [0.05, 0.1) is 38.1 Å². The third-order valence-electron chi connectivity index (χ3n) is 13.5. The first-order chi connectivity index (χ1) is 31.6. The first-order valence-electron chi connectivity index (χ1n) is 23.3. The molecule has 0 radical (unpaired) electrons. The minimum Gasteiger partial charge on any atom is -0.469 e. The molecule has 5 atom stereocenters. The van der Waals surface area contributed by atoms with Crippen LogP contribution in [0.5, 0.6) is 0 Å². The summed E-state index contributed by atoms with van der Waals surface area (Å²) >= 11 is 0. The minimum atomic E-state index is -0.577. The van der Waals surface area contributed by atoms with E-state index in [1.54, 1.807) is 17.0 Å². The van der Waals surface area contributed by atoms with Crippen molar-refractivity contribution in [2.75, 3.05) is 51.4 Å². The molecule has 3 aliphatic heterocycles. The van der Waals surface area contributed by atoms with Crippen molar-refractivity contribution in [3.8, 4) is 0 Å². The number of ketones is 2. The van der Waals surface area contributed by atoms with Crippen LogP contribution in [-0.2, 0) is 59.4 Å². The Balaban J connectivity index is 0.981. The Morgan fingerprint density at radius 3 is 1.71 bits per heavy atom. The second kappa shape index (κ2) is 22.5. The highest BCUT2D eigenvalue weighted by Gasteiger charge is 2.42. The molecule has 11 nitrogen and oxygen atoms in total. The second-order valence-corrected chi connectivity index (χ2v) is 17.7. The predicted octanol–water partition coefficient (Wildman–Crippen LogP) is 7.54. The van der Waals surface area contributed by atoms with E-state index in [0.717, 1.165) is 59.4 Å². The number of carbonyl (C=O) groups excluding carboxylic acids is 5. The van der Waals surface area contributed by atoms with Crippen molar-refractivity contribution < 1.29 is 37.8 Å². The summed E-state index contributed by atoms with van der Waals surface area (Å²) in [5.41, 5.74) is 5.53. The summed E-state index contributed by atoms with van der Waals surface area (Å²) in [6, 6.07) is 30.7. The Hall–Kier alpha value is -5.72. The van der Waals surface area contributed by atoms with Crippen molar-refractivity contribution in [2.45, 2.75) is 96.4 Å². The molecular weight excluding hydrogens is 824 g/mol. The third-order valence-corrected chi connectivity index (χ3v) is 13.5. The number of carbonyl (C=O) groups is 5. The summed E-state index contributed by atoms with van der Waals surface area (Å²) in [6.07, 6.45) is 3.84. The molecule has 3 heterocycles. The van der Waals surface area contributed by atoms with E-state index in [2.05, 4.69) is 23.6 Å². The van der Waals surface area contributed by atoms with E-state index in [4.69, 9.17) is 9.47 Å². The lowest BCUT2D eigenvalue weighted by atomic mass is 9.87. The van der Waals surface area contributed by atoms with E-state index in [1.807, 2.05) is 83.8 Å². The Morgan fingerprint density at radius 1 is 0.692 bits per heavy atom. The Labute approximate surface area is 382 Å². The number of likely N-dealkylation sites (tertiary alicyclic amines) is 2. The van der Waals surface area contributed by atoms with Gasteiger partial charge >= 0.3 is 5.97 Å². The lowest BCUT2D eigenvalue weighted by molar-refractivity contribution is -0.149. The van der Waals surface area contributed by atoms with Crippen molar-refractivity contribution >= 4 is 35.0 Å². The lowest BCUT2D eigenvalue weighted by Crippen LogP contribution is -2.47.